The minimum absolute atomic E-state index is 0.0104. The van der Waals surface area contributed by atoms with Gasteiger partial charge in [-0.1, -0.05) is 0 Å². The van der Waals surface area contributed by atoms with Crippen molar-refractivity contribution in [3.8, 4) is 0 Å². The van der Waals surface area contributed by atoms with Crippen molar-refractivity contribution in [3.63, 3.8) is 0 Å². The molecule has 17 heavy (non-hydrogen) atoms. The van der Waals surface area contributed by atoms with Gasteiger partial charge in [-0.3, -0.25) is 4.79 Å². The Bertz CT molecular complexity index is 356. The fraction of sp³-hybridized carbons (Fsp3) is 0.667. The van der Waals surface area contributed by atoms with Crippen LogP contribution in [0.5, 0.6) is 0 Å². The Morgan fingerprint density at radius 1 is 1.65 bits per heavy atom. The molecule has 2 heterocycles. The molecule has 0 aliphatic carbocycles. The molecule has 2 N–H and O–H groups in total. The lowest BCUT2D eigenvalue weighted by molar-refractivity contribution is -0.150. The number of nitrogens with one attached hydrogen (secondary N) is 2. The molecule has 0 bridgehead atoms. The first kappa shape index (κ1) is 12.1. The van der Waals surface area contributed by atoms with E-state index < -0.39 is 5.60 Å². The molecule has 0 aromatic carbocycles. The summed E-state index contributed by atoms with van der Waals surface area (Å²) < 4.78 is 5.58. The van der Waals surface area contributed by atoms with Gasteiger partial charge in [0.2, 0.25) is 0 Å². The van der Waals surface area contributed by atoms with Gasteiger partial charge >= 0.3 is 0 Å². The molecular formula is C12H19N3O2. The number of ether oxygens (including phenoxy) is 1. The fourth-order valence-corrected chi connectivity index (χ4v) is 2.03. The van der Waals surface area contributed by atoms with Gasteiger partial charge in [-0.15, -0.1) is 0 Å². The SMILES string of the molecule is C[C@@]1(C(=O)NCCc2ncc[nH]2)CCCCO1. The van der Waals surface area contributed by atoms with E-state index in [1.807, 2.05) is 6.92 Å². The summed E-state index contributed by atoms with van der Waals surface area (Å²) in [6.07, 6.45) is 7.12. The third kappa shape index (κ3) is 3.06. The Balaban J connectivity index is 1.76. The summed E-state index contributed by atoms with van der Waals surface area (Å²) >= 11 is 0. The van der Waals surface area contributed by atoms with Gasteiger partial charge in [-0.2, -0.15) is 0 Å². The molecule has 0 spiro atoms. The van der Waals surface area contributed by atoms with Crippen molar-refractivity contribution < 1.29 is 9.53 Å². The van der Waals surface area contributed by atoms with Crippen LogP contribution in [0.15, 0.2) is 12.4 Å². The molecule has 0 unspecified atom stereocenters. The summed E-state index contributed by atoms with van der Waals surface area (Å²) in [4.78, 5) is 19.1. The first-order valence-electron chi connectivity index (χ1n) is 6.11. The van der Waals surface area contributed by atoms with Crippen LogP contribution in [0.3, 0.4) is 0 Å². The van der Waals surface area contributed by atoms with Gasteiger partial charge in [-0.25, -0.2) is 4.98 Å². The molecule has 0 radical (unpaired) electrons. The zero-order chi connectivity index (χ0) is 12.1. The summed E-state index contributed by atoms with van der Waals surface area (Å²) in [6.45, 7) is 3.14. The summed E-state index contributed by atoms with van der Waals surface area (Å²) in [5, 5.41) is 2.91. The zero-order valence-corrected chi connectivity index (χ0v) is 10.2. The molecule has 1 aromatic heterocycles. The van der Waals surface area contributed by atoms with Gasteiger partial charge < -0.3 is 15.0 Å². The van der Waals surface area contributed by atoms with Crippen molar-refractivity contribution in [2.75, 3.05) is 13.2 Å². The molecule has 1 fully saturated rings. The molecule has 5 heteroatoms. The van der Waals surface area contributed by atoms with Crippen molar-refractivity contribution in [2.45, 2.75) is 38.2 Å². The average Bonchev–Trinajstić information content (AvgIpc) is 2.83. The van der Waals surface area contributed by atoms with Crippen LogP contribution in [0.1, 0.15) is 32.0 Å². The Hall–Kier alpha value is -1.36. The van der Waals surface area contributed by atoms with Crippen LogP contribution in [0, 0.1) is 0 Å². The summed E-state index contributed by atoms with van der Waals surface area (Å²) in [5.41, 5.74) is -0.637. The highest BCUT2D eigenvalue weighted by Crippen LogP contribution is 2.24. The number of rotatable bonds is 4. The molecule has 94 valence electrons. The Morgan fingerprint density at radius 2 is 2.53 bits per heavy atom. The van der Waals surface area contributed by atoms with Crippen LogP contribution >= 0.6 is 0 Å². The number of hydrogen-bond donors (Lipinski definition) is 2. The second-order valence-electron chi connectivity index (χ2n) is 4.58. The van der Waals surface area contributed by atoms with E-state index in [1.165, 1.54) is 0 Å². The third-order valence-electron chi connectivity index (χ3n) is 3.15. The van der Waals surface area contributed by atoms with Gasteiger partial charge in [0.25, 0.3) is 5.91 Å². The normalized spacial score (nSPS) is 24.5. The van der Waals surface area contributed by atoms with Crippen molar-refractivity contribution in [3.05, 3.63) is 18.2 Å². The number of aromatic amines is 1. The molecule has 1 aromatic rings. The quantitative estimate of drug-likeness (QED) is 0.822. The first-order chi connectivity index (χ1) is 8.21. The van der Waals surface area contributed by atoms with E-state index in [9.17, 15) is 4.79 Å². The number of nitrogens with zero attached hydrogens (tertiary/aromatic N) is 1. The molecule has 5 nitrogen and oxygen atoms in total. The Kier molecular flexibility index (Phi) is 3.78. The average molecular weight is 237 g/mol. The largest absolute Gasteiger partial charge is 0.365 e. The number of H-pyrrole nitrogens is 1. The molecule has 1 aliphatic rings. The maximum Gasteiger partial charge on any atom is 0.251 e. The minimum Gasteiger partial charge on any atom is -0.365 e. The van der Waals surface area contributed by atoms with E-state index in [4.69, 9.17) is 4.74 Å². The number of carbonyl (C=O) groups excluding carboxylic acids is 1. The predicted octanol–water partition coefficient (Wildman–Crippen LogP) is 1.03. The molecule has 1 amide bonds. The highest BCUT2D eigenvalue weighted by molar-refractivity contribution is 5.84. The summed E-state index contributed by atoms with van der Waals surface area (Å²) in [5.74, 6) is 0.878. The van der Waals surface area contributed by atoms with Crippen molar-refractivity contribution in [1.82, 2.24) is 15.3 Å². The van der Waals surface area contributed by atoms with E-state index >= 15 is 0 Å². The second kappa shape index (κ2) is 5.31. The first-order valence-corrected chi connectivity index (χ1v) is 6.11. The summed E-state index contributed by atoms with van der Waals surface area (Å²) in [6, 6.07) is 0. The molecule has 2 rings (SSSR count). The van der Waals surface area contributed by atoms with Gasteiger partial charge in [-0.05, 0) is 26.2 Å². The topological polar surface area (TPSA) is 67.0 Å². The lowest BCUT2D eigenvalue weighted by Gasteiger charge is -2.32. The van der Waals surface area contributed by atoms with Crippen molar-refractivity contribution in [1.29, 1.82) is 0 Å². The van der Waals surface area contributed by atoms with E-state index in [0.29, 0.717) is 13.2 Å². The number of aromatic nitrogens is 2. The fourth-order valence-electron chi connectivity index (χ4n) is 2.03. The zero-order valence-electron chi connectivity index (χ0n) is 10.2. The van der Waals surface area contributed by atoms with Crippen LogP contribution in [0.25, 0.3) is 0 Å². The van der Waals surface area contributed by atoms with Crippen LogP contribution in [-0.2, 0) is 16.0 Å². The van der Waals surface area contributed by atoms with Crippen molar-refractivity contribution in [2.24, 2.45) is 0 Å². The highest BCUT2D eigenvalue weighted by atomic mass is 16.5. The van der Waals surface area contributed by atoms with E-state index in [2.05, 4.69) is 15.3 Å². The summed E-state index contributed by atoms with van der Waals surface area (Å²) in [7, 11) is 0. The van der Waals surface area contributed by atoms with Gasteiger partial charge in [0, 0.05) is 32.0 Å². The molecule has 1 atom stereocenters. The maximum absolute atomic E-state index is 12.0. The van der Waals surface area contributed by atoms with E-state index in [0.717, 1.165) is 31.5 Å². The van der Waals surface area contributed by atoms with Crippen LogP contribution in [0.2, 0.25) is 0 Å². The van der Waals surface area contributed by atoms with Crippen LogP contribution in [-0.4, -0.2) is 34.6 Å². The van der Waals surface area contributed by atoms with Gasteiger partial charge in [0.15, 0.2) is 0 Å². The Labute approximate surface area is 101 Å². The monoisotopic (exact) mass is 237 g/mol. The molecule has 0 saturated carbocycles. The lowest BCUT2D eigenvalue weighted by Crippen LogP contribution is -2.48. The number of hydrogen-bond acceptors (Lipinski definition) is 3. The van der Waals surface area contributed by atoms with Crippen LogP contribution < -0.4 is 5.32 Å². The molecular weight excluding hydrogens is 218 g/mol. The van der Waals surface area contributed by atoms with Gasteiger partial charge in [0.1, 0.15) is 11.4 Å². The minimum atomic E-state index is -0.637. The van der Waals surface area contributed by atoms with Crippen LogP contribution in [0.4, 0.5) is 0 Å². The van der Waals surface area contributed by atoms with Crippen molar-refractivity contribution >= 4 is 5.91 Å². The molecule has 1 saturated heterocycles. The lowest BCUT2D eigenvalue weighted by atomic mass is 9.95. The standard InChI is InChI=1S/C12H19N3O2/c1-12(5-2-3-9-17-12)11(16)15-6-4-10-13-7-8-14-10/h7-8H,2-6,9H2,1H3,(H,13,14)(H,15,16)/t12-/m0/s1. The highest BCUT2D eigenvalue weighted by Gasteiger charge is 2.35. The number of carbonyl (C=O) groups is 1. The van der Waals surface area contributed by atoms with Gasteiger partial charge in [0.05, 0.1) is 0 Å². The smallest absolute Gasteiger partial charge is 0.251 e. The number of imidazole rings is 1. The molecule has 1 aliphatic heterocycles. The van der Waals surface area contributed by atoms with E-state index in [-0.39, 0.29) is 5.91 Å². The number of amides is 1. The Morgan fingerprint density at radius 3 is 3.18 bits per heavy atom. The second-order valence-corrected chi connectivity index (χ2v) is 4.58. The predicted molar refractivity (Wildman–Crippen MR) is 63.5 cm³/mol. The van der Waals surface area contributed by atoms with E-state index in [1.54, 1.807) is 12.4 Å². The maximum atomic E-state index is 12.0. The third-order valence-corrected chi connectivity index (χ3v) is 3.15.